The molecule has 0 heterocycles. The van der Waals surface area contributed by atoms with Crippen LogP contribution in [0.1, 0.15) is 38.7 Å². The SMILES string of the molecule is CCCN(C1CC1)S(=O)(=O)c1ccc(F)c(CNCC)c1. The first kappa shape index (κ1) is 16.4. The van der Waals surface area contributed by atoms with E-state index >= 15 is 0 Å². The third kappa shape index (κ3) is 3.81. The van der Waals surface area contributed by atoms with Gasteiger partial charge in [-0.1, -0.05) is 13.8 Å². The molecule has 0 aromatic heterocycles. The minimum atomic E-state index is -3.53. The second-order valence-electron chi connectivity index (χ2n) is 5.38. The number of rotatable bonds is 8. The highest BCUT2D eigenvalue weighted by molar-refractivity contribution is 7.89. The van der Waals surface area contributed by atoms with Gasteiger partial charge in [-0.05, 0) is 44.0 Å². The quantitative estimate of drug-likeness (QED) is 0.802. The van der Waals surface area contributed by atoms with E-state index in [9.17, 15) is 12.8 Å². The Hall–Kier alpha value is -0.980. The molecule has 1 aromatic carbocycles. The lowest BCUT2D eigenvalue weighted by Gasteiger charge is -2.21. The number of benzene rings is 1. The summed E-state index contributed by atoms with van der Waals surface area (Å²) >= 11 is 0. The zero-order valence-electron chi connectivity index (χ0n) is 12.6. The Morgan fingerprint density at radius 1 is 1.33 bits per heavy atom. The Kier molecular flexibility index (Phi) is 5.35. The number of hydrogen-bond acceptors (Lipinski definition) is 3. The number of nitrogens with one attached hydrogen (secondary N) is 1. The molecular formula is C15H23FN2O2S. The summed E-state index contributed by atoms with van der Waals surface area (Å²) in [5, 5.41) is 3.03. The second-order valence-corrected chi connectivity index (χ2v) is 7.27. The Balaban J connectivity index is 2.30. The zero-order valence-corrected chi connectivity index (χ0v) is 13.4. The van der Waals surface area contributed by atoms with Crippen molar-refractivity contribution in [2.45, 2.75) is 50.6 Å². The van der Waals surface area contributed by atoms with Crippen LogP contribution in [0.2, 0.25) is 0 Å². The van der Waals surface area contributed by atoms with E-state index in [1.54, 1.807) is 4.31 Å². The lowest BCUT2D eigenvalue weighted by atomic mass is 10.2. The van der Waals surface area contributed by atoms with Crippen molar-refractivity contribution in [3.8, 4) is 0 Å². The average molecular weight is 314 g/mol. The maximum absolute atomic E-state index is 13.8. The highest BCUT2D eigenvalue weighted by Gasteiger charge is 2.37. The minimum Gasteiger partial charge on any atom is -0.313 e. The van der Waals surface area contributed by atoms with Crippen molar-refractivity contribution in [3.05, 3.63) is 29.6 Å². The van der Waals surface area contributed by atoms with Crippen LogP contribution in [0.4, 0.5) is 4.39 Å². The van der Waals surface area contributed by atoms with Crippen molar-refractivity contribution in [1.82, 2.24) is 9.62 Å². The molecule has 4 nitrogen and oxygen atoms in total. The normalized spacial score (nSPS) is 15.6. The van der Waals surface area contributed by atoms with Gasteiger partial charge in [-0.2, -0.15) is 4.31 Å². The fraction of sp³-hybridized carbons (Fsp3) is 0.600. The second kappa shape index (κ2) is 6.85. The van der Waals surface area contributed by atoms with Gasteiger partial charge in [-0.15, -0.1) is 0 Å². The molecule has 1 N–H and O–H groups in total. The summed E-state index contributed by atoms with van der Waals surface area (Å²) in [6.45, 7) is 5.46. The number of nitrogens with zero attached hydrogens (tertiary/aromatic N) is 1. The van der Waals surface area contributed by atoms with E-state index in [0.29, 0.717) is 25.2 Å². The zero-order chi connectivity index (χ0) is 15.5. The highest BCUT2D eigenvalue weighted by Crippen LogP contribution is 2.32. The molecule has 1 fully saturated rings. The number of hydrogen-bond donors (Lipinski definition) is 1. The lowest BCUT2D eigenvalue weighted by Crippen LogP contribution is -2.34. The molecule has 0 bridgehead atoms. The van der Waals surface area contributed by atoms with Gasteiger partial charge < -0.3 is 5.32 Å². The van der Waals surface area contributed by atoms with Crippen LogP contribution in [-0.4, -0.2) is 31.9 Å². The van der Waals surface area contributed by atoms with Gasteiger partial charge >= 0.3 is 0 Å². The molecule has 0 unspecified atom stereocenters. The molecule has 1 aromatic rings. The Morgan fingerprint density at radius 2 is 2.05 bits per heavy atom. The molecule has 1 aliphatic carbocycles. The third-order valence-corrected chi connectivity index (χ3v) is 5.54. The number of sulfonamides is 1. The van der Waals surface area contributed by atoms with Crippen molar-refractivity contribution < 1.29 is 12.8 Å². The van der Waals surface area contributed by atoms with Crippen molar-refractivity contribution >= 4 is 10.0 Å². The monoisotopic (exact) mass is 314 g/mol. The van der Waals surface area contributed by atoms with Gasteiger partial charge in [0.2, 0.25) is 10.0 Å². The van der Waals surface area contributed by atoms with Crippen molar-refractivity contribution in [2.24, 2.45) is 0 Å². The van der Waals surface area contributed by atoms with E-state index in [1.165, 1.54) is 18.2 Å². The summed E-state index contributed by atoms with van der Waals surface area (Å²) in [4.78, 5) is 0.192. The van der Waals surface area contributed by atoms with Crippen LogP contribution >= 0.6 is 0 Å². The van der Waals surface area contributed by atoms with Crippen LogP contribution < -0.4 is 5.32 Å². The molecule has 118 valence electrons. The van der Waals surface area contributed by atoms with E-state index in [4.69, 9.17) is 0 Å². The molecule has 2 rings (SSSR count). The molecule has 1 aliphatic rings. The maximum atomic E-state index is 13.8. The fourth-order valence-corrected chi connectivity index (χ4v) is 4.15. The van der Waals surface area contributed by atoms with Gasteiger partial charge in [-0.25, -0.2) is 12.8 Å². The smallest absolute Gasteiger partial charge is 0.243 e. The Labute approximate surface area is 126 Å². The van der Waals surface area contributed by atoms with Gasteiger partial charge in [0.15, 0.2) is 0 Å². The summed E-state index contributed by atoms with van der Waals surface area (Å²) in [6, 6.07) is 4.19. The lowest BCUT2D eigenvalue weighted by molar-refractivity contribution is 0.403. The van der Waals surface area contributed by atoms with Gasteiger partial charge in [0.05, 0.1) is 4.90 Å². The Morgan fingerprint density at radius 3 is 2.62 bits per heavy atom. The molecule has 0 aliphatic heterocycles. The topological polar surface area (TPSA) is 49.4 Å². The maximum Gasteiger partial charge on any atom is 0.243 e. The van der Waals surface area contributed by atoms with Crippen molar-refractivity contribution in [2.75, 3.05) is 13.1 Å². The molecule has 21 heavy (non-hydrogen) atoms. The molecule has 0 spiro atoms. The van der Waals surface area contributed by atoms with Gasteiger partial charge in [-0.3, -0.25) is 0 Å². The van der Waals surface area contributed by atoms with Crippen LogP contribution in [0.3, 0.4) is 0 Å². The molecule has 6 heteroatoms. The molecule has 1 saturated carbocycles. The average Bonchev–Trinajstić information content (AvgIpc) is 3.28. The molecule has 0 atom stereocenters. The summed E-state index contributed by atoms with van der Waals surface area (Å²) in [7, 11) is -3.53. The molecule has 0 saturated heterocycles. The van der Waals surface area contributed by atoms with Crippen LogP contribution in [0.15, 0.2) is 23.1 Å². The standard InChI is InChI=1S/C15H23FN2O2S/c1-3-9-18(13-5-6-13)21(19,20)14-7-8-15(16)12(10-14)11-17-4-2/h7-8,10,13,17H,3-6,9,11H2,1-2H3. The van der Waals surface area contributed by atoms with Gasteiger partial charge in [0.1, 0.15) is 5.82 Å². The first-order chi connectivity index (χ1) is 10.0. The van der Waals surface area contributed by atoms with E-state index in [0.717, 1.165) is 19.3 Å². The van der Waals surface area contributed by atoms with Crippen LogP contribution in [0.25, 0.3) is 0 Å². The summed E-state index contributed by atoms with van der Waals surface area (Å²) in [5.41, 5.74) is 0.394. The van der Waals surface area contributed by atoms with Gasteiger partial charge in [0, 0.05) is 24.7 Å². The summed E-state index contributed by atoms with van der Waals surface area (Å²) < 4.78 is 40.8. The van der Waals surface area contributed by atoms with Crippen molar-refractivity contribution in [1.29, 1.82) is 0 Å². The summed E-state index contributed by atoms with van der Waals surface area (Å²) in [6.07, 6.45) is 2.62. The third-order valence-electron chi connectivity index (χ3n) is 3.59. The largest absolute Gasteiger partial charge is 0.313 e. The first-order valence-electron chi connectivity index (χ1n) is 7.51. The van der Waals surface area contributed by atoms with Crippen LogP contribution in [-0.2, 0) is 16.6 Å². The fourth-order valence-electron chi connectivity index (χ4n) is 2.32. The number of halogens is 1. The van der Waals surface area contributed by atoms with E-state index in [-0.39, 0.29) is 16.8 Å². The van der Waals surface area contributed by atoms with Crippen molar-refractivity contribution in [3.63, 3.8) is 0 Å². The minimum absolute atomic E-state index is 0.122. The predicted molar refractivity (Wildman–Crippen MR) is 81.0 cm³/mol. The molecular weight excluding hydrogens is 291 g/mol. The van der Waals surface area contributed by atoms with E-state index in [2.05, 4.69) is 5.32 Å². The predicted octanol–water partition coefficient (Wildman–Crippen LogP) is 2.50. The highest BCUT2D eigenvalue weighted by atomic mass is 32.2. The van der Waals surface area contributed by atoms with Gasteiger partial charge in [0.25, 0.3) is 0 Å². The van der Waals surface area contributed by atoms with E-state index in [1.807, 2.05) is 13.8 Å². The Bertz CT molecular complexity index is 585. The van der Waals surface area contributed by atoms with Crippen LogP contribution in [0.5, 0.6) is 0 Å². The molecule has 0 radical (unpaired) electrons. The van der Waals surface area contributed by atoms with Crippen LogP contribution in [0, 0.1) is 5.82 Å². The summed E-state index contributed by atoms with van der Waals surface area (Å²) in [5.74, 6) is -0.372. The first-order valence-corrected chi connectivity index (χ1v) is 8.95. The molecule has 0 amide bonds. The van der Waals surface area contributed by atoms with E-state index < -0.39 is 10.0 Å².